The summed E-state index contributed by atoms with van der Waals surface area (Å²) in [5, 5.41) is 95.1. The first-order valence-electron chi connectivity index (χ1n) is 31.1. The number of hydrogen-bond acceptors (Lipinski definition) is 24. The van der Waals surface area contributed by atoms with Crippen molar-refractivity contribution < 1.29 is 112 Å². The van der Waals surface area contributed by atoms with Crippen LogP contribution in [0.2, 0.25) is 0 Å². The summed E-state index contributed by atoms with van der Waals surface area (Å²) in [6, 6.07) is -1.00. The molecule has 0 radical (unpaired) electrons. The van der Waals surface area contributed by atoms with Gasteiger partial charge in [-0.15, -0.1) is 0 Å². The summed E-state index contributed by atoms with van der Waals surface area (Å²) in [7, 11) is 0. The molecule has 0 aromatic heterocycles. The standard InChI is InChI=1S/C58H105N7O23/c1-38-31-40(69)41(32-66)86-55(38)83-25-7-4-13-44(70)60-19-10-22-63-47(73)16-28-80-35-58(3,36-81-29-17-48(74)64-23-11-20-61-45(71)14-5-8-26-84-56-39(2)51(76)52(77)42(33-67)87-56)37-82-30-18-49(75)65-24-12-21-62-46(72)15-6-9-27-85-57-50(59)54(79)53(78)43(34-68)88-57/h31,38-39,41-43,50-57,66-69,76-79H,4-30,32-37,59H2,1-3H3,(H,60,70)(H,61,71)(H,62,72)(H,63,73)(H,64,74)(H,65,75)/t38-,39-,41?,42?,43?,50-,51?,52-,53-,54?,55+,56+,57+,58?/m0/s1. The Morgan fingerprint density at radius 3 is 1.20 bits per heavy atom. The molecule has 30 heteroatoms. The predicted octanol–water partition coefficient (Wildman–Crippen LogP) is -2.72. The van der Waals surface area contributed by atoms with Crippen molar-refractivity contribution in [2.45, 2.75) is 185 Å². The zero-order chi connectivity index (χ0) is 64.7. The average Bonchev–Trinajstić information content (AvgIpc) is 3.59. The van der Waals surface area contributed by atoms with Crippen LogP contribution in [0.4, 0.5) is 0 Å². The molecule has 6 amide bonds. The lowest BCUT2D eigenvalue weighted by molar-refractivity contribution is -0.282. The van der Waals surface area contributed by atoms with Crippen LogP contribution in [0.15, 0.2) is 11.8 Å². The Bertz CT molecular complexity index is 1930. The summed E-state index contributed by atoms with van der Waals surface area (Å²) in [5.74, 6) is -1.90. The first-order chi connectivity index (χ1) is 42.2. The number of amides is 6. The fraction of sp³-hybridized carbons (Fsp3) is 0.862. The van der Waals surface area contributed by atoms with Gasteiger partial charge in [0.25, 0.3) is 0 Å². The highest BCUT2D eigenvalue weighted by molar-refractivity contribution is 5.78. The molecule has 0 bridgehead atoms. The molecule has 2 fully saturated rings. The van der Waals surface area contributed by atoms with Crippen molar-refractivity contribution in [3.63, 3.8) is 0 Å². The minimum Gasteiger partial charge on any atom is -0.510 e. The summed E-state index contributed by atoms with van der Waals surface area (Å²) in [6.07, 6.45) is -2.79. The van der Waals surface area contributed by atoms with Crippen LogP contribution in [-0.4, -0.2) is 262 Å². The largest absolute Gasteiger partial charge is 0.510 e. The molecule has 3 rings (SSSR count). The van der Waals surface area contributed by atoms with E-state index in [9.17, 15) is 69.6 Å². The number of carbonyl (C=O) groups excluding carboxylic acids is 6. The van der Waals surface area contributed by atoms with Gasteiger partial charge in [0.15, 0.2) is 18.9 Å². The fourth-order valence-electron chi connectivity index (χ4n) is 9.30. The van der Waals surface area contributed by atoms with Crippen LogP contribution in [0, 0.1) is 17.3 Å². The summed E-state index contributed by atoms with van der Waals surface area (Å²) >= 11 is 0. The van der Waals surface area contributed by atoms with Crippen LogP contribution in [0.3, 0.4) is 0 Å². The van der Waals surface area contributed by atoms with E-state index in [1.165, 1.54) is 0 Å². The van der Waals surface area contributed by atoms with E-state index in [0.29, 0.717) is 110 Å². The lowest BCUT2D eigenvalue weighted by Crippen LogP contribution is -2.62. The van der Waals surface area contributed by atoms with E-state index in [1.54, 1.807) is 13.0 Å². The number of carbonyl (C=O) groups is 6. The topological polar surface area (TPSA) is 446 Å². The van der Waals surface area contributed by atoms with E-state index in [4.69, 9.17) is 48.4 Å². The van der Waals surface area contributed by atoms with Gasteiger partial charge in [0.2, 0.25) is 35.4 Å². The number of unbranched alkanes of at least 4 members (excludes halogenated alkanes) is 3. The first-order valence-corrected chi connectivity index (χ1v) is 31.1. The molecule has 2 saturated heterocycles. The number of hydrogen-bond donors (Lipinski definition) is 15. The average molecular weight is 1270 g/mol. The molecular weight excluding hydrogens is 1160 g/mol. The minimum absolute atomic E-state index is 0.0204. The SMILES string of the molecule is C[C@H]1C=C(O)C(CO)O[C@H]1OCCCCC(=O)NCCCNC(=O)CCOCC(C)(COCCC(=O)NCCCNC(=O)CCCCO[C@@H]1OC(CO)[C@H](O)C(O)[C@@H]1C)COCCC(=O)NCCCNC(=O)CCCCO[C@@H]1OC(CO)[C@H](O)C(O)[C@@H]1N. The van der Waals surface area contributed by atoms with Crippen LogP contribution < -0.4 is 37.6 Å². The number of nitrogens with two attached hydrogens (primary N) is 1. The highest BCUT2D eigenvalue weighted by Crippen LogP contribution is 2.28. The fourth-order valence-corrected chi connectivity index (χ4v) is 9.30. The van der Waals surface area contributed by atoms with Crippen LogP contribution in [0.1, 0.15) is 117 Å². The lowest BCUT2D eigenvalue weighted by Gasteiger charge is -2.40. The van der Waals surface area contributed by atoms with Crippen LogP contribution in [0.25, 0.3) is 0 Å². The molecule has 14 atom stereocenters. The third-order valence-electron chi connectivity index (χ3n) is 14.8. The zero-order valence-corrected chi connectivity index (χ0v) is 51.7. The minimum atomic E-state index is -1.33. The van der Waals surface area contributed by atoms with Crippen molar-refractivity contribution in [2.24, 2.45) is 23.0 Å². The molecular formula is C58H105N7O23. The number of rotatable bonds is 48. The van der Waals surface area contributed by atoms with Crippen molar-refractivity contribution in [3.8, 4) is 0 Å². The predicted molar refractivity (Wildman–Crippen MR) is 314 cm³/mol. The highest BCUT2D eigenvalue weighted by atomic mass is 16.7. The van der Waals surface area contributed by atoms with Crippen LogP contribution >= 0.6 is 0 Å². The van der Waals surface area contributed by atoms with E-state index in [0.717, 1.165) is 0 Å². The summed E-state index contributed by atoms with van der Waals surface area (Å²) in [4.78, 5) is 74.9. The maximum Gasteiger partial charge on any atom is 0.222 e. The maximum atomic E-state index is 12.6. The normalized spacial score (nSPS) is 26.1. The van der Waals surface area contributed by atoms with Crippen molar-refractivity contribution in [2.75, 3.05) is 119 Å². The van der Waals surface area contributed by atoms with Crippen molar-refractivity contribution >= 4 is 35.4 Å². The van der Waals surface area contributed by atoms with Gasteiger partial charge in [-0.1, -0.05) is 20.8 Å². The van der Waals surface area contributed by atoms with E-state index in [-0.39, 0.29) is 139 Å². The van der Waals surface area contributed by atoms with E-state index in [1.807, 2.05) is 13.8 Å². The molecule has 3 aliphatic heterocycles. The molecule has 6 unspecified atom stereocenters. The molecule has 3 aliphatic rings. The van der Waals surface area contributed by atoms with Crippen molar-refractivity contribution in [1.82, 2.24) is 31.9 Å². The Labute approximate surface area is 516 Å². The highest BCUT2D eigenvalue weighted by Gasteiger charge is 2.44. The van der Waals surface area contributed by atoms with Crippen molar-refractivity contribution in [3.05, 3.63) is 11.8 Å². The van der Waals surface area contributed by atoms with Crippen LogP contribution in [0.5, 0.6) is 0 Å². The molecule has 0 aliphatic carbocycles. The molecule has 0 spiro atoms. The lowest BCUT2D eigenvalue weighted by atomic mass is 9.92. The Hall–Kier alpha value is -4.32. The van der Waals surface area contributed by atoms with E-state index in [2.05, 4.69) is 31.9 Å². The molecule has 30 nitrogen and oxygen atoms in total. The summed E-state index contributed by atoms with van der Waals surface area (Å²) in [6.45, 7) is 7.52. The zero-order valence-electron chi connectivity index (χ0n) is 51.7. The van der Waals surface area contributed by atoms with Gasteiger partial charge in [0, 0.05) is 115 Å². The summed E-state index contributed by atoms with van der Waals surface area (Å²) < 4.78 is 51.3. The van der Waals surface area contributed by atoms with Gasteiger partial charge in [-0.25, -0.2) is 0 Å². The third-order valence-corrected chi connectivity index (χ3v) is 14.8. The second-order valence-corrected chi connectivity index (χ2v) is 22.8. The second kappa shape index (κ2) is 45.0. The quantitative estimate of drug-likeness (QED) is 0.0275. The van der Waals surface area contributed by atoms with Crippen molar-refractivity contribution in [1.29, 1.82) is 0 Å². The second-order valence-electron chi connectivity index (χ2n) is 22.8. The monoisotopic (exact) mass is 1270 g/mol. The van der Waals surface area contributed by atoms with Crippen LogP contribution in [-0.2, 0) is 71.4 Å². The third kappa shape index (κ3) is 31.6. The van der Waals surface area contributed by atoms with E-state index >= 15 is 0 Å². The molecule has 0 aromatic rings. The van der Waals surface area contributed by atoms with Gasteiger partial charge < -0.3 is 121 Å². The van der Waals surface area contributed by atoms with Gasteiger partial charge in [0.1, 0.15) is 42.4 Å². The smallest absolute Gasteiger partial charge is 0.222 e. The summed E-state index contributed by atoms with van der Waals surface area (Å²) in [5.41, 5.74) is 5.14. The molecule has 0 aromatic carbocycles. The Morgan fingerprint density at radius 1 is 0.466 bits per heavy atom. The van der Waals surface area contributed by atoms with Gasteiger partial charge in [-0.3, -0.25) is 28.8 Å². The van der Waals surface area contributed by atoms with E-state index < -0.39 is 92.2 Å². The number of aliphatic hydroxyl groups excluding tert-OH is 8. The molecule has 88 heavy (non-hydrogen) atoms. The number of nitrogens with one attached hydrogen (secondary N) is 6. The van der Waals surface area contributed by atoms with Gasteiger partial charge in [-0.05, 0) is 63.9 Å². The Kier molecular flexibility index (Phi) is 39.9. The number of ether oxygens (including phenoxy) is 9. The molecule has 510 valence electrons. The maximum absolute atomic E-state index is 12.6. The molecule has 16 N–H and O–H groups in total. The van der Waals surface area contributed by atoms with Gasteiger partial charge in [0.05, 0.1) is 71.6 Å². The molecule has 0 saturated carbocycles. The first kappa shape index (κ1) is 77.9. The Morgan fingerprint density at radius 2 is 0.818 bits per heavy atom. The Balaban J connectivity index is 1.29. The number of aliphatic hydroxyl groups is 8. The molecule has 3 heterocycles. The van der Waals surface area contributed by atoms with Gasteiger partial charge in [-0.2, -0.15) is 0 Å². The van der Waals surface area contributed by atoms with Gasteiger partial charge >= 0.3 is 0 Å².